The van der Waals surface area contributed by atoms with E-state index >= 15 is 13.2 Å². The Morgan fingerprint density at radius 2 is 0.967 bits per heavy atom. The first kappa shape index (κ1) is 33.9. The summed E-state index contributed by atoms with van der Waals surface area (Å²) in [7, 11) is 0. The van der Waals surface area contributed by atoms with Gasteiger partial charge in [0.2, 0.25) is 0 Å². The average molecular weight is 796 g/mol. The molecule has 5 aromatic heterocycles. The molecule has 0 aliphatic rings. The van der Waals surface area contributed by atoms with Crippen LogP contribution in [0, 0.1) is 0 Å². The molecule has 0 amide bonds. The van der Waals surface area contributed by atoms with E-state index in [0.717, 1.165) is 48.9 Å². The zero-order valence-electron chi connectivity index (χ0n) is 31.9. The minimum absolute atomic E-state index is 0.0796. The van der Waals surface area contributed by atoms with Crippen molar-refractivity contribution in [2.24, 2.45) is 0 Å². The van der Waals surface area contributed by atoms with Crippen LogP contribution < -0.4 is 0 Å². The van der Waals surface area contributed by atoms with Crippen molar-refractivity contribution in [1.82, 2.24) is 23.9 Å². The highest BCUT2D eigenvalue weighted by Crippen LogP contribution is 2.51. The van der Waals surface area contributed by atoms with Crippen LogP contribution in [0.4, 0.5) is 13.2 Å². The van der Waals surface area contributed by atoms with Crippen molar-refractivity contribution in [3.63, 3.8) is 0 Å². The molecular formula is C52H28F3N5O. The van der Waals surface area contributed by atoms with Gasteiger partial charge >= 0.3 is 6.18 Å². The van der Waals surface area contributed by atoms with Crippen LogP contribution >= 0.6 is 0 Å². The maximum atomic E-state index is 16.3. The Balaban J connectivity index is 1.22. The molecule has 13 rings (SSSR count). The lowest BCUT2D eigenvalue weighted by Crippen LogP contribution is -2.12. The summed E-state index contributed by atoms with van der Waals surface area (Å²) in [5.74, 6) is 0.779. The third-order valence-electron chi connectivity index (χ3n) is 12.1. The fraction of sp³-hybridized carbons (Fsp3) is 0.0192. The maximum Gasteiger partial charge on any atom is 0.418 e. The van der Waals surface area contributed by atoms with Gasteiger partial charge < -0.3 is 13.4 Å². The van der Waals surface area contributed by atoms with Crippen molar-refractivity contribution in [3.05, 3.63) is 175 Å². The third kappa shape index (κ3) is 4.71. The van der Waals surface area contributed by atoms with E-state index in [2.05, 4.69) is 34.7 Å². The predicted molar refractivity (Wildman–Crippen MR) is 237 cm³/mol. The first-order valence-corrected chi connectivity index (χ1v) is 19.9. The third-order valence-corrected chi connectivity index (χ3v) is 12.1. The molecule has 9 heteroatoms. The normalized spacial score (nSPS) is 12.5. The molecule has 61 heavy (non-hydrogen) atoms. The Kier molecular flexibility index (Phi) is 6.80. The van der Waals surface area contributed by atoms with Crippen LogP contribution in [0.3, 0.4) is 0 Å². The van der Waals surface area contributed by atoms with Crippen molar-refractivity contribution in [1.29, 1.82) is 0 Å². The second kappa shape index (κ2) is 12.2. The number of benzene rings is 8. The average Bonchev–Trinajstić information content (AvgIpc) is 4.04. The molecule has 0 atom stereocenters. The Morgan fingerprint density at radius 1 is 0.443 bits per heavy atom. The Hall–Kier alpha value is -8.04. The molecule has 0 N–H and O–H groups in total. The first-order chi connectivity index (χ1) is 29.9. The van der Waals surface area contributed by atoms with Crippen molar-refractivity contribution < 1.29 is 17.6 Å². The van der Waals surface area contributed by atoms with Crippen LogP contribution in [-0.2, 0) is 6.18 Å². The van der Waals surface area contributed by atoms with E-state index in [4.69, 9.17) is 19.4 Å². The Labute approximate surface area is 343 Å². The van der Waals surface area contributed by atoms with Crippen LogP contribution in [0.2, 0.25) is 0 Å². The minimum Gasteiger partial charge on any atom is -0.454 e. The fourth-order valence-electron chi connectivity index (χ4n) is 9.64. The molecule has 288 valence electrons. The van der Waals surface area contributed by atoms with Gasteiger partial charge in [-0.1, -0.05) is 133 Å². The molecule has 8 aromatic carbocycles. The number of rotatable bonds is 4. The summed E-state index contributed by atoms with van der Waals surface area (Å²) in [5, 5.41) is 6.82. The molecule has 0 radical (unpaired) electrons. The topological polar surface area (TPSA) is 61.2 Å². The van der Waals surface area contributed by atoms with Gasteiger partial charge in [0.15, 0.2) is 23.1 Å². The Morgan fingerprint density at radius 3 is 1.62 bits per heavy atom. The van der Waals surface area contributed by atoms with Gasteiger partial charge in [0.25, 0.3) is 0 Å². The summed E-state index contributed by atoms with van der Waals surface area (Å²) in [6.45, 7) is 0. The summed E-state index contributed by atoms with van der Waals surface area (Å²) in [5.41, 5.74) is 5.52. The molecular weight excluding hydrogens is 768 g/mol. The number of furan rings is 1. The zero-order valence-corrected chi connectivity index (χ0v) is 31.9. The standard InChI is InChI=1S/C52H28F3N5O/c53-52(54,55)37-27-36(51-57-49(29-15-3-1-4-16-29)56-50(58-51)30-17-5-2-6-18-30)43-34-22-10-14-26-42(34)61-48(43)47(37)60-39-24-12-8-20-32(39)44-41(60)28-35-31-19-7-11-23-38(31)59-40-25-13-9-21-33(40)45(44)46(35)59/h1-28H. The Bertz CT molecular complexity index is 3860. The van der Waals surface area contributed by atoms with Crippen LogP contribution in [0.5, 0.6) is 0 Å². The highest BCUT2D eigenvalue weighted by molar-refractivity contribution is 6.36. The van der Waals surface area contributed by atoms with E-state index in [9.17, 15) is 0 Å². The molecule has 0 fully saturated rings. The summed E-state index contributed by atoms with van der Waals surface area (Å²) in [4.78, 5) is 14.7. The van der Waals surface area contributed by atoms with E-state index in [0.29, 0.717) is 50.2 Å². The summed E-state index contributed by atoms with van der Waals surface area (Å²) in [6.07, 6.45) is -4.84. The molecule has 0 bridgehead atoms. The van der Waals surface area contributed by atoms with E-state index in [-0.39, 0.29) is 22.7 Å². The number of halogens is 3. The summed E-state index contributed by atoms with van der Waals surface area (Å²) >= 11 is 0. The lowest BCUT2D eigenvalue weighted by molar-refractivity contribution is -0.137. The summed E-state index contributed by atoms with van der Waals surface area (Å²) < 4.78 is 59.5. The van der Waals surface area contributed by atoms with E-state index < -0.39 is 11.7 Å². The van der Waals surface area contributed by atoms with Crippen molar-refractivity contribution in [2.75, 3.05) is 0 Å². The lowest BCUT2D eigenvalue weighted by atomic mass is 9.99. The molecule has 0 aliphatic carbocycles. The van der Waals surface area contributed by atoms with E-state index in [1.807, 2.05) is 127 Å². The second-order valence-corrected chi connectivity index (χ2v) is 15.4. The number of hydrogen-bond acceptors (Lipinski definition) is 4. The smallest absolute Gasteiger partial charge is 0.418 e. The van der Waals surface area contributed by atoms with Crippen LogP contribution in [0.1, 0.15) is 5.56 Å². The fourth-order valence-corrected chi connectivity index (χ4v) is 9.64. The SMILES string of the molecule is FC(F)(F)c1cc(-c2nc(-c3ccccc3)nc(-c3ccccc3)n2)c2c(oc3ccccc32)c1-n1c2ccccc2c2c3c4ccccc4n4c5ccccc5c(cc21)c34. The van der Waals surface area contributed by atoms with Crippen LogP contribution in [-0.4, -0.2) is 23.9 Å². The zero-order chi connectivity index (χ0) is 40.6. The largest absolute Gasteiger partial charge is 0.454 e. The van der Waals surface area contributed by atoms with Gasteiger partial charge in [-0.3, -0.25) is 0 Å². The van der Waals surface area contributed by atoms with Gasteiger partial charge in [-0.2, -0.15) is 13.2 Å². The van der Waals surface area contributed by atoms with E-state index in [1.165, 1.54) is 6.07 Å². The second-order valence-electron chi connectivity index (χ2n) is 15.4. The molecule has 0 unspecified atom stereocenters. The van der Waals surface area contributed by atoms with E-state index in [1.54, 1.807) is 10.6 Å². The molecule has 0 aliphatic heterocycles. The van der Waals surface area contributed by atoms with Gasteiger partial charge in [-0.25, -0.2) is 15.0 Å². The molecule has 6 nitrogen and oxygen atoms in total. The predicted octanol–water partition coefficient (Wildman–Crippen LogP) is 14.0. The summed E-state index contributed by atoms with van der Waals surface area (Å²) in [6, 6.07) is 53.6. The number of hydrogen-bond donors (Lipinski definition) is 0. The maximum absolute atomic E-state index is 16.3. The highest BCUT2D eigenvalue weighted by atomic mass is 19.4. The van der Waals surface area contributed by atoms with Crippen LogP contribution in [0.15, 0.2) is 174 Å². The van der Waals surface area contributed by atoms with Gasteiger partial charge in [0, 0.05) is 59.8 Å². The van der Waals surface area contributed by atoms with Gasteiger partial charge in [0.05, 0.1) is 33.1 Å². The van der Waals surface area contributed by atoms with Gasteiger partial charge in [0.1, 0.15) is 11.3 Å². The number of aromatic nitrogens is 5. The quantitative estimate of drug-likeness (QED) is 0.178. The van der Waals surface area contributed by atoms with Crippen molar-refractivity contribution >= 4 is 81.8 Å². The minimum atomic E-state index is -4.84. The van der Waals surface area contributed by atoms with Crippen LogP contribution in [0.25, 0.3) is 122 Å². The molecule has 0 saturated carbocycles. The highest BCUT2D eigenvalue weighted by Gasteiger charge is 2.39. The van der Waals surface area contributed by atoms with Gasteiger partial charge in [-0.05, 0) is 36.4 Å². The molecule has 13 aromatic rings. The molecule has 0 saturated heterocycles. The number of para-hydroxylation sites is 4. The first-order valence-electron chi connectivity index (χ1n) is 19.9. The number of alkyl halides is 3. The van der Waals surface area contributed by atoms with Gasteiger partial charge in [-0.15, -0.1) is 0 Å². The lowest BCUT2D eigenvalue weighted by Gasteiger charge is -2.19. The monoisotopic (exact) mass is 795 g/mol. The number of fused-ring (bicyclic) bond motifs is 13. The molecule has 5 heterocycles. The van der Waals surface area contributed by atoms with Crippen molar-refractivity contribution in [2.45, 2.75) is 6.18 Å². The number of nitrogens with zero attached hydrogens (tertiary/aromatic N) is 5. The van der Waals surface area contributed by atoms with Crippen molar-refractivity contribution in [3.8, 4) is 39.9 Å². The molecule has 0 spiro atoms.